The van der Waals surface area contributed by atoms with Crippen LogP contribution in [0.3, 0.4) is 0 Å². The lowest BCUT2D eigenvalue weighted by Crippen LogP contribution is -2.20. The van der Waals surface area contributed by atoms with E-state index >= 15 is 0 Å². The zero-order chi connectivity index (χ0) is 13.4. The van der Waals surface area contributed by atoms with Gasteiger partial charge in [-0.2, -0.15) is 0 Å². The summed E-state index contributed by atoms with van der Waals surface area (Å²) in [5.74, 6) is 0. The molecule has 1 aromatic carbocycles. The van der Waals surface area contributed by atoms with E-state index in [2.05, 4.69) is 58.3 Å². The first-order valence-corrected chi connectivity index (χ1v) is 7.17. The fraction of sp³-hybridized carbons (Fsp3) is 0.571. The SMILES string of the molecule is CCNCc1ccc(N(C)CCCOC)cc1Br. The summed E-state index contributed by atoms with van der Waals surface area (Å²) in [6.07, 6.45) is 1.05. The molecule has 0 radical (unpaired) electrons. The molecular weight excluding hydrogens is 292 g/mol. The van der Waals surface area contributed by atoms with Crippen LogP contribution < -0.4 is 10.2 Å². The van der Waals surface area contributed by atoms with Crippen molar-refractivity contribution in [3.05, 3.63) is 28.2 Å². The highest BCUT2D eigenvalue weighted by molar-refractivity contribution is 9.10. The minimum Gasteiger partial charge on any atom is -0.385 e. The molecule has 0 unspecified atom stereocenters. The molecule has 0 fully saturated rings. The second-order valence-electron chi connectivity index (χ2n) is 4.32. The van der Waals surface area contributed by atoms with Crippen LogP contribution >= 0.6 is 15.9 Å². The van der Waals surface area contributed by atoms with Crippen LogP contribution in [0.15, 0.2) is 22.7 Å². The molecule has 0 aliphatic rings. The Kier molecular flexibility index (Phi) is 7.32. The lowest BCUT2D eigenvalue weighted by Gasteiger charge is -2.20. The molecule has 0 spiro atoms. The summed E-state index contributed by atoms with van der Waals surface area (Å²) in [5.41, 5.74) is 2.53. The van der Waals surface area contributed by atoms with Gasteiger partial charge in [0.25, 0.3) is 0 Å². The molecule has 0 amide bonds. The highest BCUT2D eigenvalue weighted by Crippen LogP contribution is 2.23. The maximum absolute atomic E-state index is 5.07. The van der Waals surface area contributed by atoms with Gasteiger partial charge in [-0.3, -0.25) is 0 Å². The average molecular weight is 315 g/mol. The number of rotatable bonds is 8. The van der Waals surface area contributed by atoms with E-state index in [0.29, 0.717) is 0 Å². The summed E-state index contributed by atoms with van der Waals surface area (Å²) in [4.78, 5) is 2.25. The maximum Gasteiger partial charge on any atom is 0.0479 e. The minimum absolute atomic E-state index is 0.810. The normalized spacial score (nSPS) is 10.7. The zero-order valence-electron chi connectivity index (χ0n) is 11.5. The second kappa shape index (κ2) is 8.51. The van der Waals surface area contributed by atoms with Crippen LogP contribution in [0.1, 0.15) is 18.9 Å². The van der Waals surface area contributed by atoms with Gasteiger partial charge < -0.3 is 15.0 Å². The molecule has 3 nitrogen and oxygen atoms in total. The van der Waals surface area contributed by atoms with E-state index in [1.54, 1.807) is 7.11 Å². The Morgan fingerprint density at radius 3 is 2.78 bits per heavy atom. The van der Waals surface area contributed by atoms with Gasteiger partial charge in [0.05, 0.1) is 0 Å². The van der Waals surface area contributed by atoms with Gasteiger partial charge in [-0.15, -0.1) is 0 Å². The van der Waals surface area contributed by atoms with E-state index in [1.807, 2.05) is 0 Å². The summed E-state index contributed by atoms with van der Waals surface area (Å²) >= 11 is 3.64. The molecule has 0 aliphatic carbocycles. The first-order valence-electron chi connectivity index (χ1n) is 6.38. The van der Waals surface area contributed by atoms with Crippen molar-refractivity contribution in [1.82, 2.24) is 5.32 Å². The summed E-state index contributed by atoms with van der Waals surface area (Å²) < 4.78 is 6.24. The summed E-state index contributed by atoms with van der Waals surface area (Å²) in [5, 5.41) is 3.34. The topological polar surface area (TPSA) is 24.5 Å². The predicted molar refractivity (Wildman–Crippen MR) is 81.3 cm³/mol. The molecule has 4 heteroatoms. The molecule has 0 aliphatic heterocycles. The average Bonchev–Trinajstić information content (AvgIpc) is 2.37. The molecule has 0 bridgehead atoms. The van der Waals surface area contributed by atoms with E-state index in [9.17, 15) is 0 Å². The van der Waals surface area contributed by atoms with Gasteiger partial charge in [0.15, 0.2) is 0 Å². The van der Waals surface area contributed by atoms with E-state index in [0.717, 1.165) is 32.7 Å². The van der Waals surface area contributed by atoms with Crippen LogP contribution in [0.5, 0.6) is 0 Å². The fourth-order valence-corrected chi connectivity index (χ4v) is 2.26. The lowest BCUT2D eigenvalue weighted by atomic mass is 10.2. The van der Waals surface area contributed by atoms with Crippen LogP contribution in [0, 0.1) is 0 Å². The second-order valence-corrected chi connectivity index (χ2v) is 5.18. The van der Waals surface area contributed by atoms with Gasteiger partial charge in [0.2, 0.25) is 0 Å². The van der Waals surface area contributed by atoms with Crippen LogP contribution in [0.2, 0.25) is 0 Å². The Labute approximate surface area is 119 Å². The van der Waals surface area contributed by atoms with Gasteiger partial charge in [0, 0.05) is 44.0 Å². The maximum atomic E-state index is 5.07. The van der Waals surface area contributed by atoms with Crippen LogP contribution in [-0.2, 0) is 11.3 Å². The number of ether oxygens (including phenoxy) is 1. The molecule has 0 aromatic heterocycles. The van der Waals surface area contributed by atoms with Crippen LogP contribution in [0.25, 0.3) is 0 Å². The monoisotopic (exact) mass is 314 g/mol. The van der Waals surface area contributed by atoms with Gasteiger partial charge in [0.1, 0.15) is 0 Å². The lowest BCUT2D eigenvalue weighted by molar-refractivity contribution is 0.196. The molecule has 18 heavy (non-hydrogen) atoms. The van der Waals surface area contributed by atoms with Crippen molar-refractivity contribution in [3.63, 3.8) is 0 Å². The van der Waals surface area contributed by atoms with E-state index in [1.165, 1.54) is 15.7 Å². The quantitative estimate of drug-likeness (QED) is 0.746. The number of methoxy groups -OCH3 is 1. The molecule has 1 aromatic rings. The molecule has 1 rings (SSSR count). The molecule has 0 atom stereocenters. The Morgan fingerprint density at radius 2 is 2.17 bits per heavy atom. The fourth-order valence-electron chi connectivity index (χ4n) is 1.75. The van der Waals surface area contributed by atoms with E-state index in [4.69, 9.17) is 4.74 Å². The number of benzene rings is 1. The number of hydrogen-bond donors (Lipinski definition) is 1. The Hall–Kier alpha value is -0.580. The smallest absolute Gasteiger partial charge is 0.0479 e. The minimum atomic E-state index is 0.810. The Morgan fingerprint density at radius 1 is 1.39 bits per heavy atom. The summed E-state index contributed by atoms with van der Waals surface area (Å²) in [7, 11) is 3.85. The molecule has 0 heterocycles. The van der Waals surface area contributed by atoms with Crippen LogP contribution in [0.4, 0.5) is 5.69 Å². The number of halogens is 1. The first-order chi connectivity index (χ1) is 8.69. The van der Waals surface area contributed by atoms with Crippen molar-refractivity contribution in [2.75, 3.05) is 38.8 Å². The van der Waals surface area contributed by atoms with Crippen molar-refractivity contribution in [2.45, 2.75) is 19.9 Å². The predicted octanol–water partition coefficient (Wildman–Crippen LogP) is 3.03. The molecule has 0 saturated heterocycles. The van der Waals surface area contributed by atoms with Crippen molar-refractivity contribution < 1.29 is 4.74 Å². The van der Waals surface area contributed by atoms with Crippen molar-refractivity contribution >= 4 is 21.6 Å². The number of hydrogen-bond acceptors (Lipinski definition) is 3. The highest BCUT2D eigenvalue weighted by atomic mass is 79.9. The summed E-state index contributed by atoms with van der Waals surface area (Å²) in [6, 6.07) is 6.53. The first kappa shape index (κ1) is 15.5. The number of nitrogens with one attached hydrogen (secondary N) is 1. The third-order valence-corrected chi connectivity index (χ3v) is 3.62. The summed E-state index contributed by atoms with van der Waals surface area (Å²) in [6.45, 7) is 5.83. The van der Waals surface area contributed by atoms with Crippen LogP contribution in [-0.4, -0.2) is 33.9 Å². The number of nitrogens with zero attached hydrogens (tertiary/aromatic N) is 1. The van der Waals surface area contributed by atoms with E-state index < -0.39 is 0 Å². The third-order valence-electron chi connectivity index (χ3n) is 2.88. The highest BCUT2D eigenvalue weighted by Gasteiger charge is 2.04. The van der Waals surface area contributed by atoms with Crippen molar-refractivity contribution in [2.24, 2.45) is 0 Å². The Balaban J connectivity index is 2.59. The zero-order valence-corrected chi connectivity index (χ0v) is 13.1. The molecule has 102 valence electrons. The van der Waals surface area contributed by atoms with Gasteiger partial charge in [-0.25, -0.2) is 0 Å². The van der Waals surface area contributed by atoms with Gasteiger partial charge in [-0.1, -0.05) is 28.9 Å². The van der Waals surface area contributed by atoms with Crippen molar-refractivity contribution in [3.8, 4) is 0 Å². The third kappa shape index (κ3) is 4.96. The van der Waals surface area contributed by atoms with Crippen molar-refractivity contribution in [1.29, 1.82) is 0 Å². The van der Waals surface area contributed by atoms with Gasteiger partial charge >= 0.3 is 0 Å². The van der Waals surface area contributed by atoms with Gasteiger partial charge in [-0.05, 0) is 30.7 Å². The number of anilines is 1. The largest absolute Gasteiger partial charge is 0.385 e. The molecule has 1 N–H and O–H groups in total. The van der Waals surface area contributed by atoms with E-state index in [-0.39, 0.29) is 0 Å². The molecular formula is C14H23BrN2O. The molecule has 0 saturated carbocycles. The Bertz CT molecular complexity index is 358. The standard InChI is InChI=1S/C14H23BrN2O/c1-4-16-11-12-6-7-13(10-14(12)15)17(2)8-5-9-18-3/h6-7,10,16H,4-5,8-9,11H2,1-3H3.